The van der Waals surface area contributed by atoms with Crippen molar-refractivity contribution in [2.75, 3.05) is 90.9 Å². The van der Waals surface area contributed by atoms with Gasteiger partial charge in [0.05, 0.1) is 31.9 Å². The van der Waals surface area contributed by atoms with Crippen LogP contribution in [0.5, 0.6) is 0 Å². The van der Waals surface area contributed by atoms with E-state index in [1.165, 1.54) is 40.3 Å². The molecule has 0 bridgehead atoms. The number of ether oxygens (including phenoxy) is 2. The number of methoxy groups -OCH3 is 2. The van der Waals surface area contributed by atoms with Crippen LogP contribution in [0.3, 0.4) is 0 Å². The third kappa shape index (κ3) is 14.0. The number of amides is 2. The largest absolute Gasteiger partial charge is 0.465 e. The van der Waals surface area contributed by atoms with Crippen molar-refractivity contribution < 1.29 is 23.9 Å². The van der Waals surface area contributed by atoms with Crippen molar-refractivity contribution in [3.8, 4) is 0 Å². The normalized spacial score (nSPS) is 14.8. The van der Waals surface area contributed by atoms with Crippen LogP contribution in [-0.4, -0.2) is 113 Å². The van der Waals surface area contributed by atoms with Gasteiger partial charge >= 0.3 is 18.0 Å². The summed E-state index contributed by atoms with van der Waals surface area (Å²) in [6, 6.07) is 34.3. The molecule has 0 radical (unpaired) electrons. The molecule has 11 nitrogen and oxygen atoms in total. The van der Waals surface area contributed by atoms with Crippen molar-refractivity contribution in [1.82, 2.24) is 20.0 Å². The summed E-state index contributed by atoms with van der Waals surface area (Å²) in [7, 11) is 7.01. The number of hydrogen-bond donors (Lipinski definition) is 2. The van der Waals surface area contributed by atoms with Crippen LogP contribution in [0.1, 0.15) is 44.7 Å². The zero-order valence-corrected chi connectivity index (χ0v) is 32.2. The Morgan fingerprint density at radius 1 is 0.630 bits per heavy atom. The van der Waals surface area contributed by atoms with Crippen molar-refractivity contribution >= 4 is 29.3 Å². The number of carbonyl (C=O) groups is 3. The number of rotatable bonds is 8. The summed E-state index contributed by atoms with van der Waals surface area (Å²) < 4.78 is 9.40. The average molecular weight is 737 g/mol. The van der Waals surface area contributed by atoms with E-state index >= 15 is 0 Å². The summed E-state index contributed by atoms with van der Waals surface area (Å²) in [4.78, 5) is 44.6. The summed E-state index contributed by atoms with van der Waals surface area (Å²) >= 11 is 0. The highest BCUT2D eigenvalue weighted by molar-refractivity contribution is 5.92. The first kappa shape index (κ1) is 41.5. The zero-order chi connectivity index (χ0) is 38.5. The minimum atomic E-state index is -0.365. The molecular formula is C43H56N6O5. The molecule has 0 unspecified atom stereocenters. The van der Waals surface area contributed by atoms with Crippen LogP contribution in [0.2, 0.25) is 0 Å². The van der Waals surface area contributed by atoms with Gasteiger partial charge in [-0.25, -0.2) is 14.4 Å². The number of carbonyl (C=O) groups excluding carboxylic acids is 3. The minimum Gasteiger partial charge on any atom is -0.465 e. The van der Waals surface area contributed by atoms with Gasteiger partial charge in [-0.05, 0) is 106 Å². The fourth-order valence-electron chi connectivity index (χ4n) is 5.95. The maximum Gasteiger partial charge on any atom is 0.337 e. The van der Waals surface area contributed by atoms with Crippen LogP contribution >= 0.6 is 0 Å². The summed E-state index contributed by atoms with van der Waals surface area (Å²) in [5.41, 5.74) is 5.08. The topological polar surface area (TPSA) is 107 Å². The molecule has 11 heteroatoms. The van der Waals surface area contributed by atoms with E-state index in [2.05, 4.69) is 39.3 Å². The third-order valence-electron chi connectivity index (χ3n) is 9.21. The predicted molar refractivity (Wildman–Crippen MR) is 216 cm³/mol. The predicted octanol–water partition coefficient (Wildman–Crippen LogP) is 6.23. The Bertz CT molecular complexity index is 1680. The van der Waals surface area contributed by atoms with Gasteiger partial charge in [-0.15, -0.1) is 0 Å². The van der Waals surface area contributed by atoms with Gasteiger partial charge in [0.2, 0.25) is 0 Å². The lowest BCUT2D eigenvalue weighted by atomic mass is 10.1. The van der Waals surface area contributed by atoms with E-state index < -0.39 is 0 Å². The van der Waals surface area contributed by atoms with E-state index in [4.69, 9.17) is 4.74 Å². The van der Waals surface area contributed by atoms with Crippen LogP contribution in [-0.2, 0) is 22.6 Å². The number of para-hydroxylation sites is 2. The van der Waals surface area contributed by atoms with Gasteiger partial charge in [-0.3, -0.25) is 4.90 Å². The lowest BCUT2D eigenvalue weighted by molar-refractivity contribution is 0.0592. The monoisotopic (exact) mass is 736 g/mol. The fourth-order valence-corrected chi connectivity index (χ4v) is 5.95. The molecule has 2 heterocycles. The Balaban J connectivity index is 0.000000212. The number of likely N-dealkylation sites (N-methyl/N-ethyl adjacent to an activating group) is 2. The molecule has 0 atom stereocenters. The first-order chi connectivity index (χ1) is 26.3. The molecule has 2 aliphatic rings. The lowest BCUT2D eigenvalue weighted by Crippen LogP contribution is -2.44. The van der Waals surface area contributed by atoms with E-state index in [0.29, 0.717) is 17.7 Å². The standard InChI is InChI=1S/C22H27N3O3.C15H15NO2.C6H14N2/c1-23-13-6-14-24(16-15-23)22(27)25(20-7-4-3-5-8-20)17-18-9-11-19(12-10-18)21(26)28-2;1-18-15(17)13-9-7-12(8-10-13)11-16-14-5-3-2-4-6-14;1-8-5-2-3-7-4-6-8/h3-5,7-12H,6,13-17H2,1-2H3;2-10,16H,11H2,1H3;7H,2-6H2,1H3. The van der Waals surface area contributed by atoms with Crippen molar-refractivity contribution in [2.45, 2.75) is 25.9 Å². The molecule has 2 fully saturated rings. The maximum absolute atomic E-state index is 13.3. The SMILES string of the molecule is CN1CCCNCC1.COC(=O)c1ccc(CN(C(=O)N2CCCN(C)CC2)c2ccccc2)cc1.COC(=O)c1ccc(CNc2ccccc2)cc1. The molecule has 54 heavy (non-hydrogen) atoms. The Hall–Kier alpha value is -5.23. The summed E-state index contributed by atoms with van der Waals surface area (Å²) in [5.74, 6) is -0.672. The summed E-state index contributed by atoms with van der Waals surface area (Å²) in [6.07, 6.45) is 2.27. The zero-order valence-electron chi connectivity index (χ0n) is 32.2. The number of esters is 2. The highest BCUT2D eigenvalue weighted by atomic mass is 16.5. The second-order valence-corrected chi connectivity index (χ2v) is 13.4. The van der Waals surface area contributed by atoms with Gasteiger partial charge in [-0.2, -0.15) is 0 Å². The van der Waals surface area contributed by atoms with Crippen molar-refractivity contribution in [2.24, 2.45) is 0 Å². The molecule has 0 spiro atoms. The average Bonchev–Trinajstić information content (AvgIpc) is 3.61. The molecule has 4 aromatic carbocycles. The van der Waals surface area contributed by atoms with Gasteiger partial charge in [0.25, 0.3) is 0 Å². The van der Waals surface area contributed by atoms with Crippen molar-refractivity contribution in [1.29, 1.82) is 0 Å². The second kappa shape index (κ2) is 22.8. The highest BCUT2D eigenvalue weighted by Crippen LogP contribution is 2.20. The second-order valence-electron chi connectivity index (χ2n) is 13.4. The summed E-state index contributed by atoms with van der Waals surface area (Å²) in [5, 5.41) is 6.64. The minimum absolute atomic E-state index is 0.0125. The maximum atomic E-state index is 13.3. The van der Waals surface area contributed by atoms with E-state index in [1.807, 2.05) is 89.8 Å². The first-order valence-electron chi connectivity index (χ1n) is 18.6. The Labute approximate surface area is 320 Å². The molecule has 2 N–H and O–H groups in total. The molecule has 0 aromatic heterocycles. The van der Waals surface area contributed by atoms with Crippen LogP contribution in [0.25, 0.3) is 0 Å². The molecule has 288 valence electrons. The van der Waals surface area contributed by atoms with Crippen LogP contribution in [0.4, 0.5) is 16.2 Å². The molecule has 0 saturated carbocycles. The van der Waals surface area contributed by atoms with Gasteiger partial charge in [0.1, 0.15) is 0 Å². The molecule has 4 aromatic rings. The van der Waals surface area contributed by atoms with Crippen LogP contribution in [0.15, 0.2) is 109 Å². The van der Waals surface area contributed by atoms with E-state index in [9.17, 15) is 14.4 Å². The van der Waals surface area contributed by atoms with E-state index in [0.717, 1.165) is 68.2 Å². The van der Waals surface area contributed by atoms with Gasteiger partial charge in [0.15, 0.2) is 0 Å². The van der Waals surface area contributed by atoms with Crippen molar-refractivity contribution in [3.63, 3.8) is 0 Å². The fraction of sp³-hybridized carbons (Fsp3) is 0.372. The van der Waals surface area contributed by atoms with E-state index in [1.54, 1.807) is 29.2 Å². The highest BCUT2D eigenvalue weighted by Gasteiger charge is 2.24. The number of nitrogens with zero attached hydrogens (tertiary/aromatic N) is 4. The molecule has 0 aliphatic carbocycles. The third-order valence-corrected chi connectivity index (χ3v) is 9.21. The smallest absolute Gasteiger partial charge is 0.337 e. The Morgan fingerprint density at radius 2 is 1.19 bits per heavy atom. The van der Waals surface area contributed by atoms with Crippen LogP contribution < -0.4 is 15.5 Å². The van der Waals surface area contributed by atoms with Gasteiger partial charge in [0, 0.05) is 50.6 Å². The lowest BCUT2D eigenvalue weighted by Gasteiger charge is -2.30. The molecule has 6 rings (SSSR count). The molecular weight excluding hydrogens is 681 g/mol. The Kier molecular flexibility index (Phi) is 17.5. The quantitative estimate of drug-likeness (QED) is 0.204. The number of anilines is 2. The number of benzene rings is 4. The van der Waals surface area contributed by atoms with Crippen LogP contribution in [0, 0.1) is 0 Å². The first-order valence-corrected chi connectivity index (χ1v) is 18.6. The number of hydrogen-bond acceptors (Lipinski definition) is 9. The number of nitrogens with one attached hydrogen (secondary N) is 2. The molecule has 2 saturated heterocycles. The van der Waals surface area contributed by atoms with Gasteiger partial charge < -0.3 is 34.8 Å². The molecule has 2 amide bonds. The Morgan fingerprint density at radius 3 is 1.80 bits per heavy atom. The number of urea groups is 1. The molecule has 2 aliphatic heterocycles. The van der Waals surface area contributed by atoms with E-state index in [-0.39, 0.29) is 18.0 Å². The van der Waals surface area contributed by atoms with Crippen molar-refractivity contribution in [3.05, 3.63) is 131 Å². The summed E-state index contributed by atoms with van der Waals surface area (Å²) in [6.45, 7) is 9.36. The van der Waals surface area contributed by atoms with Gasteiger partial charge in [-0.1, -0.05) is 60.7 Å².